The molecular weight excluding hydrogens is 170 g/mol. The van der Waals surface area contributed by atoms with Crippen LogP contribution in [-0.2, 0) is 9.53 Å². The van der Waals surface area contributed by atoms with Crippen LogP contribution in [0.15, 0.2) is 12.7 Å². The fraction of sp³-hybridized carbons (Fsp3) is 0.667. The molecule has 0 spiro atoms. The van der Waals surface area contributed by atoms with E-state index in [1.807, 2.05) is 0 Å². The van der Waals surface area contributed by atoms with E-state index in [0.717, 1.165) is 0 Å². The molecule has 2 N–H and O–H groups in total. The van der Waals surface area contributed by atoms with Gasteiger partial charge in [0.15, 0.2) is 0 Å². The van der Waals surface area contributed by atoms with E-state index in [1.165, 1.54) is 0 Å². The van der Waals surface area contributed by atoms with E-state index >= 15 is 0 Å². The van der Waals surface area contributed by atoms with Gasteiger partial charge in [0.05, 0.1) is 0 Å². The van der Waals surface area contributed by atoms with Gasteiger partial charge in [0.25, 0.3) is 0 Å². The fourth-order valence-electron chi connectivity index (χ4n) is 1.45. The van der Waals surface area contributed by atoms with Crippen LogP contribution in [0.3, 0.4) is 0 Å². The second kappa shape index (κ2) is 4.39. The first-order valence-corrected chi connectivity index (χ1v) is 4.38. The lowest BCUT2D eigenvalue weighted by molar-refractivity contribution is -0.149. The number of ether oxygens (including phenoxy) is 1. The first-order valence-electron chi connectivity index (χ1n) is 4.38. The molecular formula is C9H15NO3. The summed E-state index contributed by atoms with van der Waals surface area (Å²) in [5.41, 5.74) is -0.799. The average molecular weight is 185 g/mol. The maximum Gasteiger partial charge on any atom is 0.324 e. The zero-order valence-corrected chi connectivity index (χ0v) is 7.58. The molecule has 0 bridgehead atoms. The van der Waals surface area contributed by atoms with Gasteiger partial charge in [-0.25, -0.2) is 0 Å². The number of carboxylic acid groups (broad SMARTS) is 1. The van der Waals surface area contributed by atoms with Gasteiger partial charge in [-0.15, -0.1) is 6.58 Å². The Labute approximate surface area is 77.6 Å². The first-order chi connectivity index (χ1) is 6.21. The minimum atomic E-state index is -0.799. The van der Waals surface area contributed by atoms with Gasteiger partial charge < -0.3 is 9.84 Å². The summed E-state index contributed by atoms with van der Waals surface area (Å²) in [5, 5.41) is 12.0. The largest absolute Gasteiger partial charge is 0.480 e. The Balaban J connectivity index is 2.61. The minimum Gasteiger partial charge on any atom is -0.480 e. The van der Waals surface area contributed by atoms with E-state index in [1.54, 1.807) is 6.08 Å². The van der Waals surface area contributed by atoms with Crippen molar-refractivity contribution in [2.24, 2.45) is 0 Å². The monoisotopic (exact) mass is 185 g/mol. The second-order valence-corrected chi connectivity index (χ2v) is 3.17. The Morgan fingerprint density at radius 3 is 2.69 bits per heavy atom. The summed E-state index contributed by atoms with van der Waals surface area (Å²) in [6.07, 6.45) is 2.71. The molecule has 74 valence electrons. The predicted octanol–water partition coefficient (Wildman–Crippen LogP) is 0.396. The lowest BCUT2D eigenvalue weighted by atomic mass is 9.90. The van der Waals surface area contributed by atoms with Crippen molar-refractivity contribution in [3.63, 3.8) is 0 Å². The van der Waals surface area contributed by atoms with Crippen molar-refractivity contribution < 1.29 is 14.6 Å². The number of nitrogens with one attached hydrogen (secondary N) is 1. The van der Waals surface area contributed by atoms with Gasteiger partial charge in [-0.1, -0.05) is 6.08 Å². The molecule has 1 aliphatic heterocycles. The SMILES string of the molecule is C=CCNC1(C(=O)O)CCOCC1. The molecule has 0 saturated carbocycles. The summed E-state index contributed by atoms with van der Waals surface area (Å²) >= 11 is 0. The molecule has 1 aliphatic rings. The van der Waals surface area contributed by atoms with Crippen LogP contribution in [0.2, 0.25) is 0 Å². The van der Waals surface area contributed by atoms with Crippen LogP contribution in [0.1, 0.15) is 12.8 Å². The quantitative estimate of drug-likeness (QED) is 0.622. The highest BCUT2D eigenvalue weighted by molar-refractivity contribution is 5.79. The number of rotatable bonds is 4. The van der Waals surface area contributed by atoms with Crippen molar-refractivity contribution in [2.75, 3.05) is 19.8 Å². The molecule has 0 radical (unpaired) electrons. The summed E-state index contributed by atoms with van der Waals surface area (Å²) < 4.78 is 5.13. The van der Waals surface area contributed by atoms with Crippen LogP contribution >= 0.6 is 0 Å². The van der Waals surface area contributed by atoms with Crippen LogP contribution in [0, 0.1) is 0 Å². The summed E-state index contributed by atoms with van der Waals surface area (Å²) in [7, 11) is 0. The third kappa shape index (κ3) is 2.29. The van der Waals surface area contributed by atoms with E-state index in [4.69, 9.17) is 9.84 Å². The van der Waals surface area contributed by atoms with Crippen molar-refractivity contribution >= 4 is 5.97 Å². The van der Waals surface area contributed by atoms with Gasteiger partial charge in [-0.3, -0.25) is 10.1 Å². The summed E-state index contributed by atoms with van der Waals surface area (Å²) in [4.78, 5) is 11.0. The zero-order valence-electron chi connectivity index (χ0n) is 7.58. The average Bonchev–Trinajstić information content (AvgIpc) is 2.16. The van der Waals surface area contributed by atoms with Crippen molar-refractivity contribution in [2.45, 2.75) is 18.4 Å². The smallest absolute Gasteiger partial charge is 0.324 e. The molecule has 0 atom stereocenters. The molecule has 1 heterocycles. The Hall–Kier alpha value is -0.870. The fourth-order valence-corrected chi connectivity index (χ4v) is 1.45. The van der Waals surface area contributed by atoms with Crippen molar-refractivity contribution in [1.29, 1.82) is 0 Å². The Morgan fingerprint density at radius 1 is 1.62 bits per heavy atom. The highest BCUT2D eigenvalue weighted by Gasteiger charge is 2.39. The molecule has 0 unspecified atom stereocenters. The molecule has 1 rings (SSSR count). The summed E-state index contributed by atoms with van der Waals surface area (Å²) in [5.74, 6) is -0.794. The van der Waals surface area contributed by atoms with Crippen molar-refractivity contribution in [3.8, 4) is 0 Å². The summed E-state index contributed by atoms with van der Waals surface area (Å²) in [6.45, 7) is 5.09. The van der Waals surface area contributed by atoms with Crippen LogP contribution < -0.4 is 5.32 Å². The van der Waals surface area contributed by atoms with E-state index < -0.39 is 11.5 Å². The topological polar surface area (TPSA) is 58.6 Å². The third-order valence-electron chi connectivity index (χ3n) is 2.34. The van der Waals surface area contributed by atoms with Gasteiger partial charge in [0.2, 0.25) is 0 Å². The number of hydrogen-bond acceptors (Lipinski definition) is 3. The Morgan fingerprint density at radius 2 is 2.23 bits per heavy atom. The Kier molecular flexibility index (Phi) is 3.45. The molecule has 0 aromatic heterocycles. The first kappa shape index (κ1) is 10.2. The van der Waals surface area contributed by atoms with E-state index in [-0.39, 0.29) is 0 Å². The highest BCUT2D eigenvalue weighted by atomic mass is 16.5. The highest BCUT2D eigenvalue weighted by Crippen LogP contribution is 2.20. The molecule has 0 aromatic carbocycles. The van der Waals surface area contributed by atoms with Crippen LogP contribution in [0.4, 0.5) is 0 Å². The predicted molar refractivity (Wildman–Crippen MR) is 48.6 cm³/mol. The second-order valence-electron chi connectivity index (χ2n) is 3.17. The van der Waals surface area contributed by atoms with Crippen LogP contribution in [0.5, 0.6) is 0 Å². The van der Waals surface area contributed by atoms with E-state index in [9.17, 15) is 4.79 Å². The maximum atomic E-state index is 11.0. The minimum absolute atomic E-state index is 0.510. The van der Waals surface area contributed by atoms with E-state index in [0.29, 0.717) is 32.6 Å². The molecule has 4 heteroatoms. The molecule has 13 heavy (non-hydrogen) atoms. The normalized spacial score (nSPS) is 20.9. The zero-order chi connectivity index (χ0) is 9.73. The molecule has 4 nitrogen and oxygen atoms in total. The lowest BCUT2D eigenvalue weighted by Crippen LogP contribution is -2.55. The van der Waals surface area contributed by atoms with Gasteiger partial charge in [-0.2, -0.15) is 0 Å². The van der Waals surface area contributed by atoms with Gasteiger partial charge in [-0.05, 0) is 12.8 Å². The Bertz CT molecular complexity index is 197. The van der Waals surface area contributed by atoms with Gasteiger partial charge in [0, 0.05) is 19.8 Å². The number of carbonyl (C=O) groups is 1. The number of aliphatic carboxylic acids is 1. The van der Waals surface area contributed by atoms with Gasteiger partial charge in [0.1, 0.15) is 5.54 Å². The van der Waals surface area contributed by atoms with E-state index in [2.05, 4.69) is 11.9 Å². The molecule has 1 fully saturated rings. The third-order valence-corrected chi connectivity index (χ3v) is 2.34. The van der Waals surface area contributed by atoms with Crippen LogP contribution in [0.25, 0.3) is 0 Å². The van der Waals surface area contributed by atoms with Crippen molar-refractivity contribution in [1.82, 2.24) is 5.32 Å². The summed E-state index contributed by atoms with van der Waals surface area (Å²) in [6, 6.07) is 0. The van der Waals surface area contributed by atoms with Gasteiger partial charge >= 0.3 is 5.97 Å². The lowest BCUT2D eigenvalue weighted by Gasteiger charge is -2.33. The maximum absolute atomic E-state index is 11.0. The number of hydrogen-bond donors (Lipinski definition) is 2. The molecule has 1 saturated heterocycles. The molecule has 0 aliphatic carbocycles. The van der Waals surface area contributed by atoms with Crippen molar-refractivity contribution in [3.05, 3.63) is 12.7 Å². The van der Waals surface area contributed by atoms with Crippen LogP contribution in [-0.4, -0.2) is 36.4 Å². The molecule has 0 aromatic rings. The molecule has 0 amide bonds. The number of carboxylic acids is 1. The standard InChI is InChI=1S/C9H15NO3/c1-2-5-10-9(8(11)12)3-6-13-7-4-9/h2,10H,1,3-7H2,(H,11,12).